The Labute approximate surface area is 119 Å². The van der Waals surface area contributed by atoms with Crippen molar-refractivity contribution in [1.29, 1.82) is 0 Å². The van der Waals surface area contributed by atoms with Crippen LogP contribution in [-0.2, 0) is 4.79 Å². The number of rotatable bonds is 9. The molecule has 20 heavy (non-hydrogen) atoms. The Morgan fingerprint density at radius 3 is 2.65 bits per heavy atom. The highest BCUT2D eigenvalue weighted by Crippen LogP contribution is 2.15. The van der Waals surface area contributed by atoms with E-state index in [4.69, 9.17) is 9.84 Å². The van der Waals surface area contributed by atoms with Crippen molar-refractivity contribution >= 4 is 5.97 Å². The maximum atomic E-state index is 13.4. The van der Waals surface area contributed by atoms with Crippen LogP contribution in [0.2, 0.25) is 0 Å². The molecule has 1 aromatic carbocycles. The third kappa shape index (κ3) is 6.02. The summed E-state index contributed by atoms with van der Waals surface area (Å²) in [5.41, 5.74) is 0. The smallest absolute Gasteiger partial charge is 0.303 e. The van der Waals surface area contributed by atoms with Gasteiger partial charge in [-0.15, -0.1) is 0 Å². The van der Waals surface area contributed by atoms with Gasteiger partial charge in [0.25, 0.3) is 0 Å². The van der Waals surface area contributed by atoms with Crippen LogP contribution < -0.4 is 4.74 Å². The maximum Gasteiger partial charge on any atom is 0.303 e. The lowest BCUT2D eigenvalue weighted by Gasteiger charge is -2.26. The summed E-state index contributed by atoms with van der Waals surface area (Å²) >= 11 is 0. The van der Waals surface area contributed by atoms with Crippen LogP contribution in [0.1, 0.15) is 26.7 Å². The van der Waals surface area contributed by atoms with E-state index in [9.17, 15) is 9.18 Å². The molecule has 0 amide bonds. The number of para-hydroxylation sites is 1. The van der Waals surface area contributed by atoms with E-state index < -0.39 is 5.97 Å². The van der Waals surface area contributed by atoms with Crippen LogP contribution in [0, 0.1) is 5.82 Å². The molecule has 5 heteroatoms. The average molecular weight is 283 g/mol. The molecule has 0 aromatic heterocycles. The summed E-state index contributed by atoms with van der Waals surface area (Å²) < 4.78 is 18.8. The predicted octanol–water partition coefficient (Wildman–Crippen LogP) is 2.78. The highest BCUT2D eigenvalue weighted by molar-refractivity contribution is 5.66. The van der Waals surface area contributed by atoms with Crippen molar-refractivity contribution in [2.75, 3.05) is 19.7 Å². The van der Waals surface area contributed by atoms with Gasteiger partial charge in [-0.25, -0.2) is 4.39 Å². The Morgan fingerprint density at radius 2 is 2.05 bits per heavy atom. The quantitative estimate of drug-likeness (QED) is 0.757. The van der Waals surface area contributed by atoms with Crippen molar-refractivity contribution in [3.8, 4) is 5.75 Å². The number of nitrogens with zero attached hydrogens (tertiary/aromatic N) is 1. The molecule has 0 aliphatic carbocycles. The van der Waals surface area contributed by atoms with Crippen molar-refractivity contribution in [3.63, 3.8) is 0 Å². The molecule has 1 aromatic rings. The molecular formula is C15H22FNO3. The second kappa shape index (κ2) is 8.53. The van der Waals surface area contributed by atoms with Gasteiger partial charge in [0, 0.05) is 19.0 Å². The molecule has 1 N–H and O–H groups in total. The fourth-order valence-corrected chi connectivity index (χ4v) is 1.90. The average Bonchev–Trinajstić information content (AvgIpc) is 2.38. The molecule has 0 aliphatic rings. The topological polar surface area (TPSA) is 49.8 Å². The number of ether oxygens (including phenoxy) is 1. The first-order valence-electron chi connectivity index (χ1n) is 6.84. The second-order valence-corrected chi connectivity index (χ2v) is 4.91. The molecular weight excluding hydrogens is 261 g/mol. The third-order valence-electron chi connectivity index (χ3n) is 3.04. The van der Waals surface area contributed by atoms with Crippen molar-refractivity contribution < 1.29 is 19.0 Å². The maximum absolute atomic E-state index is 13.4. The van der Waals surface area contributed by atoms with Crippen LogP contribution in [0.25, 0.3) is 0 Å². The van der Waals surface area contributed by atoms with Gasteiger partial charge in [0.05, 0.1) is 0 Å². The first-order valence-corrected chi connectivity index (χ1v) is 6.84. The minimum absolute atomic E-state index is 0.164. The van der Waals surface area contributed by atoms with Gasteiger partial charge < -0.3 is 9.84 Å². The van der Waals surface area contributed by atoms with Crippen LogP contribution in [0.5, 0.6) is 5.75 Å². The zero-order valence-electron chi connectivity index (χ0n) is 12.0. The molecule has 4 nitrogen and oxygen atoms in total. The van der Waals surface area contributed by atoms with Gasteiger partial charge in [-0.2, -0.15) is 0 Å². The summed E-state index contributed by atoms with van der Waals surface area (Å²) in [6.07, 6.45) is 0.768. The van der Waals surface area contributed by atoms with Crippen molar-refractivity contribution in [1.82, 2.24) is 4.90 Å². The zero-order chi connectivity index (χ0) is 15.0. The van der Waals surface area contributed by atoms with Gasteiger partial charge in [-0.05, 0) is 38.9 Å². The Kier molecular flexibility index (Phi) is 7.01. The van der Waals surface area contributed by atoms with Crippen molar-refractivity contribution in [2.45, 2.75) is 32.7 Å². The SMILES string of the molecule is CC(C)N(CCCC(=O)O)CCOc1ccccc1F. The number of halogens is 1. The molecule has 0 saturated heterocycles. The van der Waals surface area contributed by atoms with E-state index in [2.05, 4.69) is 4.90 Å². The molecule has 0 heterocycles. The summed E-state index contributed by atoms with van der Waals surface area (Å²) in [4.78, 5) is 12.6. The van der Waals surface area contributed by atoms with Gasteiger partial charge in [-0.1, -0.05) is 12.1 Å². The highest BCUT2D eigenvalue weighted by atomic mass is 19.1. The van der Waals surface area contributed by atoms with Crippen LogP contribution in [0.4, 0.5) is 4.39 Å². The largest absolute Gasteiger partial charge is 0.489 e. The minimum atomic E-state index is -0.781. The Balaban J connectivity index is 2.35. The monoisotopic (exact) mass is 283 g/mol. The lowest BCUT2D eigenvalue weighted by atomic mass is 10.2. The van der Waals surface area contributed by atoms with Gasteiger partial charge >= 0.3 is 5.97 Å². The molecule has 0 unspecified atom stereocenters. The standard InChI is InChI=1S/C15H22FNO3/c1-12(2)17(9-5-8-15(18)19)10-11-20-14-7-4-3-6-13(14)16/h3-4,6-7,12H,5,8-11H2,1-2H3,(H,18,19). The van der Waals surface area contributed by atoms with Crippen LogP contribution in [-0.4, -0.2) is 41.7 Å². The second-order valence-electron chi connectivity index (χ2n) is 4.91. The number of benzene rings is 1. The molecule has 0 fully saturated rings. The van der Waals surface area contributed by atoms with Crippen LogP contribution in [0.15, 0.2) is 24.3 Å². The third-order valence-corrected chi connectivity index (χ3v) is 3.04. The summed E-state index contributed by atoms with van der Waals surface area (Å²) in [6, 6.07) is 6.61. The normalized spacial score (nSPS) is 11.1. The first-order chi connectivity index (χ1) is 9.50. The fourth-order valence-electron chi connectivity index (χ4n) is 1.90. The molecule has 0 bridgehead atoms. The number of aliphatic carboxylic acids is 1. The molecule has 0 saturated carbocycles. The number of carbonyl (C=O) groups is 1. The van der Waals surface area contributed by atoms with Gasteiger partial charge in [-0.3, -0.25) is 9.69 Å². The lowest BCUT2D eigenvalue weighted by Crippen LogP contribution is -2.35. The lowest BCUT2D eigenvalue weighted by molar-refractivity contribution is -0.137. The number of hydrogen-bond donors (Lipinski definition) is 1. The van der Waals surface area contributed by atoms with Gasteiger partial charge in [0.1, 0.15) is 6.61 Å². The van der Waals surface area contributed by atoms with E-state index in [-0.39, 0.29) is 18.0 Å². The highest BCUT2D eigenvalue weighted by Gasteiger charge is 2.10. The first kappa shape index (κ1) is 16.4. The molecule has 1 rings (SSSR count). The number of carboxylic acids is 1. The summed E-state index contributed by atoms with van der Waals surface area (Å²) in [5, 5.41) is 8.64. The Hall–Kier alpha value is -1.62. The van der Waals surface area contributed by atoms with Crippen molar-refractivity contribution in [3.05, 3.63) is 30.1 Å². The predicted molar refractivity (Wildman–Crippen MR) is 75.5 cm³/mol. The zero-order valence-corrected chi connectivity index (χ0v) is 12.0. The molecule has 0 radical (unpaired) electrons. The van der Waals surface area contributed by atoms with Gasteiger partial charge in [0.2, 0.25) is 0 Å². The number of carboxylic acid groups (broad SMARTS) is 1. The van der Waals surface area contributed by atoms with Crippen molar-refractivity contribution in [2.24, 2.45) is 0 Å². The van der Waals surface area contributed by atoms with E-state index in [0.717, 1.165) is 0 Å². The molecule has 0 spiro atoms. The summed E-state index contributed by atoms with van der Waals surface area (Å²) in [5.74, 6) is -0.896. The molecule has 112 valence electrons. The van der Waals surface area contributed by atoms with Crippen LogP contribution in [0.3, 0.4) is 0 Å². The summed E-state index contributed by atoms with van der Waals surface area (Å²) in [6.45, 7) is 5.82. The Bertz CT molecular complexity index is 423. The summed E-state index contributed by atoms with van der Waals surface area (Å²) in [7, 11) is 0. The molecule has 0 atom stereocenters. The molecule has 0 aliphatic heterocycles. The van der Waals surface area contributed by atoms with Crippen LogP contribution >= 0.6 is 0 Å². The van der Waals surface area contributed by atoms with Gasteiger partial charge in [0.15, 0.2) is 11.6 Å². The van der Waals surface area contributed by atoms with E-state index in [1.54, 1.807) is 18.2 Å². The van der Waals surface area contributed by atoms with E-state index in [0.29, 0.717) is 32.2 Å². The van der Waals surface area contributed by atoms with E-state index in [1.165, 1.54) is 6.07 Å². The Morgan fingerprint density at radius 1 is 1.35 bits per heavy atom. The number of hydrogen-bond acceptors (Lipinski definition) is 3. The minimum Gasteiger partial charge on any atom is -0.489 e. The van der Waals surface area contributed by atoms with E-state index in [1.807, 2.05) is 13.8 Å². The van der Waals surface area contributed by atoms with E-state index >= 15 is 0 Å². The fraction of sp³-hybridized carbons (Fsp3) is 0.533.